The van der Waals surface area contributed by atoms with E-state index in [2.05, 4.69) is 5.32 Å². The fourth-order valence-electron chi connectivity index (χ4n) is 2.35. The van der Waals surface area contributed by atoms with Crippen molar-refractivity contribution in [2.45, 2.75) is 45.7 Å². The number of rotatable bonds is 3. The second-order valence-corrected chi connectivity index (χ2v) is 5.96. The van der Waals surface area contributed by atoms with E-state index in [0.717, 1.165) is 0 Å². The van der Waals surface area contributed by atoms with Gasteiger partial charge in [0.05, 0.1) is 7.11 Å². The van der Waals surface area contributed by atoms with E-state index in [1.807, 2.05) is 0 Å². The van der Waals surface area contributed by atoms with Gasteiger partial charge in [0, 0.05) is 6.54 Å². The number of carboxylic acid groups (broad SMARTS) is 1. The standard InChI is InChI=1S/C13H22N2O5/c1-13(2,3)9(14-12(18)19)10(16)15-7-5-6-8(15)11(17)20-4/h8-9,14H,5-7H2,1-4H3,(H,18,19)/t8?,9-/m1/s1. The molecule has 2 N–H and O–H groups in total. The number of hydrogen-bond acceptors (Lipinski definition) is 4. The monoisotopic (exact) mass is 286 g/mol. The predicted octanol–water partition coefficient (Wildman–Crippen LogP) is 0.833. The average molecular weight is 286 g/mol. The van der Waals surface area contributed by atoms with Crippen molar-refractivity contribution < 1.29 is 24.2 Å². The molecular weight excluding hydrogens is 264 g/mol. The van der Waals surface area contributed by atoms with Crippen LogP contribution in [0.25, 0.3) is 0 Å². The Hall–Kier alpha value is -1.79. The van der Waals surface area contributed by atoms with E-state index in [1.54, 1.807) is 20.8 Å². The van der Waals surface area contributed by atoms with Gasteiger partial charge in [-0.2, -0.15) is 0 Å². The first-order chi connectivity index (χ1) is 9.18. The summed E-state index contributed by atoms with van der Waals surface area (Å²) in [4.78, 5) is 36.5. The number of methoxy groups -OCH3 is 1. The lowest BCUT2D eigenvalue weighted by Crippen LogP contribution is -2.56. The summed E-state index contributed by atoms with van der Waals surface area (Å²) in [6.45, 7) is 5.75. The molecule has 20 heavy (non-hydrogen) atoms. The van der Waals surface area contributed by atoms with E-state index >= 15 is 0 Å². The van der Waals surface area contributed by atoms with Gasteiger partial charge in [-0.1, -0.05) is 20.8 Å². The van der Waals surface area contributed by atoms with E-state index in [9.17, 15) is 14.4 Å². The first kappa shape index (κ1) is 16.3. The van der Waals surface area contributed by atoms with Crippen molar-refractivity contribution in [1.82, 2.24) is 10.2 Å². The lowest BCUT2D eigenvalue weighted by Gasteiger charge is -2.34. The molecule has 0 aromatic carbocycles. The number of nitrogens with zero attached hydrogens (tertiary/aromatic N) is 1. The van der Waals surface area contributed by atoms with Crippen LogP contribution in [-0.4, -0.2) is 53.7 Å². The van der Waals surface area contributed by atoms with Crippen molar-refractivity contribution in [3.8, 4) is 0 Å². The van der Waals surface area contributed by atoms with E-state index in [-0.39, 0.29) is 5.91 Å². The second-order valence-electron chi connectivity index (χ2n) is 5.96. The highest BCUT2D eigenvalue weighted by Crippen LogP contribution is 2.26. The molecule has 0 radical (unpaired) electrons. The maximum atomic E-state index is 12.6. The third kappa shape index (κ3) is 3.61. The number of likely N-dealkylation sites (tertiary alicyclic amines) is 1. The molecule has 0 aromatic rings. The molecule has 2 amide bonds. The van der Waals surface area contributed by atoms with Gasteiger partial charge in [0.25, 0.3) is 0 Å². The van der Waals surface area contributed by atoms with Crippen LogP contribution in [0, 0.1) is 5.41 Å². The van der Waals surface area contributed by atoms with Gasteiger partial charge in [0.2, 0.25) is 5.91 Å². The molecule has 0 saturated carbocycles. The van der Waals surface area contributed by atoms with Crippen LogP contribution in [0.3, 0.4) is 0 Å². The SMILES string of the molecule is COC(=O)C1CCCN1C(=O)[C@@H](NC(=O)O)C(C)(C)C. The van der Waals surface area contributed by atoms with Gasteiger partial charge in [-0.05, 0) is 18.3 Å². The van der Waals surface area contributed by atoms with Crippen LogP contribution < -0.4 is 5.32 Å². The largest absolute Gasteiger partial charge is 0.467 e. The number of carbonyl (C=O) groups excluding carboxylic acids is 2. The topological polar surface area (TPSA) is 95.9 Å². The fraction of sp³-hybridized carbons (Fsp3) is 0.769. The Morgan fingerprint density at radius 3 is 2.40 bits per heavy atom. The third-order valence-corrected chi connectivity index (χ3v) is 3.39. The number of nitrogens with one attached hydrogen (secondary N) is 1. The summed E-state index contributed by atoms with van der Waals surface area (Å²) in [6.07, 6.45) is -0.00952. The Balaban J connectivity index is 2.94. The molecule has 0 bridgehead atoms. The predicted molar refractivity (Wildman–Crippen MR) is 71.2 cm³/mol. The van der Waals surface area contributed by atoms with E-state index in [1.165, 1.54) is 12.0 Å². The van der Waals surface area contributed by atoms with Crippen molar-refractivity contribution in [3.63, 3.8) is 0 Å². The normalized spacial score (nSPS) is 20.4. The molecule has 1 saturated heterocycles. The molecule has 1 aliphatic heterocycles. The molecule has 7 nitrogen and oxygen atoms in total. The fourth-order valence-corrected chi connectivity index (χ4v) is 2.35. The molecule has 1 unspecified atom stereocenters. The third-order valence-electron chi connectivity index (χ3n) is 3.39. The molecular formula is C13H22N2O5. The quantitative estimate of drug-likeness (QED) is 0.749. The first-order valence-electron chi connectivity index (χ1n) is 6.56. The van der Waals surface area contributed by atoms with Crippen molar-refractivity contribution in [3.05, 3.63) is 0 Å². The second kappa shape index (κ2) is 6.11. The Bertz CT molecular complexity index is 402. The van der Waals surface area contributed by atoms with Gasteiger partial charge in [-0.25, -0.2) is 9.59 Å². The minimum Gasteiger partial charge on any atom is -0.467 e. The highest BCUT2D eigenvalue weighted by atomic mass is 16.5. The van der Waals surface area contributed by atoms with Crippen molar-refractivity contribution >= 4 is 18.0 Å². The summed E-state index contributed by atoms with van der Waals surface area (Å²) in [5.41, 5.74) is -0.585. The van der Waals surface area contributed by atoms with Crippen LogP contribution in [0.5, 0.6) is 0 Å². The molecule has 0 spiro atoms. The van der Waals surface area contributed by atoms with Crippen LogP contribution in [-0.2, 0) is 14.3 Å². The van der Waals surface area contributed by atoms with Gasteiger partial charge in [-0.3, -0.25) is 4.79 Å². The summed E-state index contributed by atoms with van der Waals surface area (Å²) in [7, 11) is 1.28. The van der Waals surface area contributed by atoms with Crippen LogP contribution in [0.1, 0.15) is 33.6 Å². The van der Waals surface area contributed by atoms with Gasteiger partial charge in [0.1, 0.15) is 12.1 Å². The smallest absolute Gasteiger partial charge is 0.405 e. The van der Waals surface area contributed by atoms with E-state index in [4.69, 9.17) is 9.84 Å². The summed E-state index contributed by atoms with van der Waals surface area (Å²) in [6, 6.07) is -1.52. The molecule has 0 aliphatic carbocycles. The lowest BCUT2D eigenvalue weighted by atomic mass is 9.85. The summed E-state index contributed by atoms with van der Waals surface area (Å²) >= 11 is 0. The number of ether oxygens (including phenoxy) is 1. The lowest BCUT2D eigenvalue weighted by molar-refractivity contribution is -0.152. The molecule has 0 aromatic heterocycles. The Morgan fingerprint density at radius 2 is 1.95 bits per heavy atom. The highest BCUT2D eigenvalue weighted by molar-refractivity contribution is 5.90. The van der Waals surface area contributed by atoms with Crippen LogP contribution in [0.2, 0.25) is 0 Å². The zero-order chi connectivity index (χ0) is 15.5. The van der Waals surface area contributed by atoms with Crippen LogP contribution in [0.4, 0.5) is 4.79 Å². The van der Waals surface area contributed by atoms with Gasteiger partial charge in [-0.15, -0.1) is 0 Å². The summed E-state index contributed by atoms with van der Waals surface area (Å²) in [5, 5.41) is 11.1. The maximum absolute atomic E-state index is 12.6. The number of amides is 2. The molecule has 1 aliphatic rings. The van der Waals surface area contributed by atoms with E-state index < -0.39 is 29.6 Å². The molecule has 114 valence electrons. The minimum absolute atomic E-state index is 0.382. The molecule has 2 atom stereocenters. The Labute approximate surface area is 118 Å². The zero-order valence-corrected chi connectivity index (χ0v) is 12.3. The number of carbonyl (C=O) groups is 3. The molecule has 1 rings (SSSR count). The average Bonchev–Trinajstić information content (AvgIpc) is 2.81. The summed E-state index contributed by atoms with van der Waals surface area (Å²) in [5.74, 6) is -0.841. The van der Waals surface area contributed by atoms with Crippen molar-refractivity contribution in [2.75, 3.05) is 13.7 Å². The Kier molecular flexibility index (Phi) is 4.97. The number of hydrogen-bond donors (Lipinski definition) is 2. The van der Waals surface area contributed by atoms with Crippen molar-refractivity contribution in [2.24, 2.45) is 5.41 Å². The van der Waals surface area contributed by atoms with Gasteiger partial charge < -0.3 is 20.1 Å². The summed E-state index contributed by atoms with van der Waals surface area (Å²) < 4.78 is 4.69. The first-order valence-corrected chi connectivity index (χ1v) is 6.56. The maximum Gasteiger partial charge on any atom is 0.405 e. The number of esters is 1. The van der Waals surface area contributed by atoms with E-state index in [0.29, 0.717) is 19.4 Å². The molecule has 7 heteroatoms. The minimum atomic E-state index is -1.26. The van der Waals surface area contributed by atoms with Crippen molar-refractivity contribution in [1.29, 1.82) is 0 Å². The van der Waals surface area contributed by atoms with Gasteiger partial charge >= 0.3 is 12.1 Å². The Morgan fingerprint density at radius 1 is 1.35 bits per heavy atom. The van der Waals surface area contributed by atoms with Crippen LogP contribution >= 0.6 is 0 Å². The molecule has 1 heterocycles. The van der Waals surface area contributed by atoms with Crippen LogP contribution in [0.15, 0.2) is 0 Å². The molecule has 1 fully saturated rings. The zero-order valence-electron chi connectivity index (χ0n) is 12.3. The van der Waals surface area contributed by atoms with Gasteiger partial charge in [0.15, 0.2) is 0 Å². The highest BCUT2D eigenvalue weighted by Gasteiger charge is 2.42.